The Kier molecular flexibility index (Phi) is 7.20. The predicted octanol–water partition coefficient (Wildman–Crippen LogP) is 0.949. The highest BCUT2D eigenvalue weighted by Gasteiger charge is 2.21. The van der Waals surface area contributed by atoms with Crippen molar-refractivity contribution in [3.63, 3.8) is 0 Å². The Bertz CT molecular complexity index is 510. The van der Waals surface area contributed by atoms with Gasteiger partial charge in [0.1, 0.15) is 6.26 Å². The summed E-state index contributed by atoms with van der Waals surface area (Å²) in [5.74, 6) is 0.798. The van der Waals surface area contributed by atoms with Gasteiger partial charge in [-0.05, 0) is 12.3 Å². The van der Waals surface area contributed by atoms with E-state index in [-0.39, 0.29) is 12.0 Å². The van der Waals surface area contributed by atoms with Gasteiger partial charge in [0.2, 0.25) is 5.89 Å². The Morgan fingerprint density at radius 3 is 2.62 bits per heavy atom. The van der Waals surface area contributed by atoms with Gasteiger partial charge in [-0.1, -0.05) is 20.8 Å². The molecule has 7 nitrogen and oxygen atoms in total. The molecule has 2 rings (SSSR count). The number of rotatable bonds is 8. The van der Waals surface area contributed by atoms with Crippen LogP contribution in [-0.4, -0.2) is 71.2 Å². The molecule has 24 heavy (non-hydrogen) atoms. The largest absolute Gasteiger partial charge is 0.447 e. The maximum absolute atomic E-state index is 12.0. The first-order valence-electron chi connectivity index (χ1n) is 8.83. The second kappa shape index (κ2) is 9.15. The molecule has 1 aliphatic heterocycles. The van der Waals surface area contributed by atoms with Crippen molar-refractivity contribution in [1.82, 2.24) is 20.1 Å². The summed E-state index contributed by atoms with van der Waals surface area (Å²) in [5.41, 5.74) is 0.343. The molecule has 1 aliphatic rings. The number of carbonyl (C=O) groups is 1. The minimum atomic E-state index is -0.241. The molecule has 0 aromatic carbocycles. The van der Waals surface area contributed by atoms with E-state index in [9.17, 15) is 9.90 Å². The maximum atomic E-state index is 12.0. The monoisotopic (exact) mass is 338 g/mol. The third-order valence-electron chi connectivity index (χ3n) is 4.22. The zero-order chi connectivity index (χ0) is 17.5. The van der Waals surface area contributed by atoms with Crippen LogP contribution in [-0.2, 0) is 6.54 Å². The van der Waals surface area contributed by atoms with Crippen LogP contribution in [0.1, 0.15) is 43.6 Å². The Morgan fingerprint density at radius 2 is 2.00 bits per heavy atom. The molecule has 136 valence electrons. The molecule has 0 unspecified atom stereocenters. The van der Waals surface area contributed by atoms with Gasteiger partial charge < -0.3 is 14.8 Å². The summed E-state index contributed by atoms with van der Waals surface area (Å²) in [6, 6.07) is 0. The lowest BCUT2D eigenvalue weighted by Gasteiger charge is -2.34. The van der Waals surface area contributed by atoms with Crippen LogP contribution in [0.4, 0.5) is 0 Å². The number of piperazine rings is 1. The highest BCUT2D eigenvalue weighted by Crippen LogP contribution is 2.10. The van der Waals surface area contributed by atoms with Crippen LogP contribution in [0.3, 0.4) is 0 Å². The first-order chi connectivity index (χ1) is 11.5. The Morgan fingerprint density at radius 1 is 1.33 bits per heavy atom. The molecule has 1 atom stereocenters. The lowest BCUT2D eigenvalue weighted by molar-refractivity contribution is 0.0658. The summed E-state index contributed by atoms with van der Waals surface area (Å²) in [5, 5.41) is 12.6. The summed E-state index contributed by atoms with van der Waals surface area (Å²) in [6.07, 6.45) is 1.98. The molecule has 0 saturated carbocycles. The van der Waals surface area contributed by atoms with Crippen LogP contribution in [0.25, 0.3) is 0 Å². The van der Waals surface area contributed by atoms with E-state index < -0.39 is 0 Å². The normalized spacial score (nSPS) is 18.0. The lowest BCUT2D eigenvalue weighted by Crippen LogP contribution is -2.48. The smallest absolute Gasteiger partial charge is 0.273 e. The summed E-state index contributed by atoms with van der Waals surface area (Å²) in [6.45, 7) is 11.8. The van der Waals surface area contributed by atoms with Crippen molar-refractivity contribution in [1.29, 1.82) is 0 Å². The van der Waals surface area contributed by atoms with Crippen molar-refractivity contribution in [2.45, 2.75) is 39.8 Å². The molecule has 1 amide bonds. The van der Waals surface area contributed by atoms with Crippen molar-refractivity contribution in [2.24, 2.45) is 5.92 Å². The lowest BCUT2D eigenvalue weighted by atomic mass is 10.2. The molecule has 2 N–H and O–H groups in total. The second-order valence-electron chi connectivity index (χ2n) is 6.87. The van der Waals surface area contributed by atoms with E-state index in [2.05, 4.69) is 20.1 Å². The van der Waals surface area contributed by atoms with E-state index in [1.54, 1.807) is 0 Å². The molecule has 0 aliphatic carbocycles. The molecular formula is C17H30N4O3. The summed E-state index contributed by atoms with van der Waals surface area (Å²) in [7, 11) is 0. The topological polar surface area (TPSA) is 81.8 Å². The average molecular weight is 338 g/mol. The SMILES string of the molecule is CC[C@@H](O)CN1CCN(Cc2nc(C(=O)NCC(C)C)co2)CC1. The van der Waals surface area contributed by atoms with Gasteiger partial charge in [0.25, 0.3) is 5.91 Å². The summed E-state index contributed by atoms with van der Waals surface area (Å²) >= 11 is 0. The van der Waals surface area contributed by atoms with Gasteiger partial charge in [0.15, 0.2) is 5.69 Å². The molecule has 0 radical (unpaired) electrons. The number of hydrogen-bond acceptors (Lipinski definition) is 6. The van der Waals surface area contributed by atoms with Gasteiger partial charge in [-0.2, -0.15) is 0 Å². The standard InChI is InChI=1S/C17H30N4O3/c1-4-14(22)10-20-5-7-21(8-6-20)11-16-19-15(12-24-16)17(23)18-9-13(2)3/h12-14,22H,4-11H2,1-3H3,(H,18,23)/t14-/m1/s1. The number of aliphatic hydroxyl groups excluding tert-OH is 1. The molecular weight excluding hydrogens is 308 g/mol. The highest BCUT2D eigenvalue weighted by molar-refractivity contribution is 5.91. The minimum absolute atomic E-state index is 0.183. The van der Waals surface area contributed by atoms with Crippen molar-refractivity contribution in [3.8, 4) is 0 Å². The molecule has 2 heterocycles. The van der Waals surface area contributed by atoms with Crippen LogP contribution >= 0.6 is 0 Å². The van der Waals surface area contributed by atoms with Crippen LogP contribution in [0.15, 0.2) is 10.7 Å². The fourth-order valence-corrected chi connectivity index (χ4v) is 2.62. The molecule has 1 saturated heterocycles. The van der Waals surface area contributed by atoms with Crippen LogP contribution in [0.2, 0.25) is 0 Å². The Hall–Kier alpha value is -1.44. The van der Waals surface area contributed by atoms with Crippen molar-refractivity contribution in [2.75, 3.05) is 39.3 Å². The van der Waals surface area contributed by atoms with Gasteiger partial charge in [0, 0.05) is 39.3 Å². The predicted molar refractivity (Wildman–Crippen MR) is 91.7 cm³/mol. The average Bonchev–Trinajstić information content (AvgIpc) is 3.03. The third-order valence-corrected chi connectivity index (χ3v) is 4.22. The molecule has 7 heteroatoms. The van der Waals surface area contributed by atoms with Gasteiger partial charge in [0.05, 0.1) is 12.6 Å². The fraction of sp³-hybridized carbons (Fsp3) is 0.765. The molecule has 0 bridgehead atoms. The number of amides is 1. The third kappa shape index (κ3) is 5.89. The molecule has 1 aromatic heterocycles. The number of hydrogen-bond donors (Lipinski definition) is 2. The number of aromatic nitrogens is 1. The number of carbonyl (C=O) groups excluding carboxylic acids is 1. The Balaban J connectivity index is 1.76. The zero-order valence-electron chi connectivity index (χ0n) is 15.0. The maximum Gasteiger partial charge on any atom is 0.273 e. The van der Waals surface area contributed by atoms with Crippen LogP contribution in [0, 0.1) is 5.92 Å². The van der Waals surface area contributed by atoms with Crippen LogP contribution < -0.4 is 5.32 Å². The summed E-state index contributed by atoms with van der Waals surface area (Å²) < 4.78 is 5.44. The van der Waals surface area contributed by atoms with Crippen LogP contribution in [0.5, 0.6) is 0 Å². The summed E-state index contributed by atoms with van der Waals surface area (Å²) in [4.78, 5) is 20.8. The first kappa shape index (κ1) is 18.9. The highest BCUT2D eigenvalue weighted by atomic mass is 16.3. The Labute approximate surface area is 144 Å². The van der Waals surface area contributed by atoms with Gasteiger partial charge in [-0.25, -0.2) is 4.98 Å². The van der Waals surface area contributed by atoms with Crippen molar-refractivity contribution < 1.29 is 14.3 Å². The van der Waals surface area contributed by atoms with E-state index in [1.807, 2.05) is 20.8 Å². The fourth-order valence-electron chi connectivity index (χ4n) is 2.62. The minimum Gasteiger partial charge on any atom is -0.447 e. The molecule has 1 aromatic rings. The van der Waals surface area contributed by atoms with E-state index in [0.717, 1.165) is 39.1 Å². The molecule has 1 fully saturated rings. The van der Waals surface area contributed by atoms with E-state index in [0.29, 0.717) is 30.6 Å². The number of nitrogens with zero attached hydrogens (tertiary/aromatic N) is 3. The number of nitrogens with one attached hydrogen (secondary N) is 1. The zero-order valence-corrected chi connectivity index (χ0v) is 15.0. The quantitative estimate of drug-likeness (QED) is 0.734. The van der Waals surface area contributed by atoms with Crippen molar-refractivity contribution >= 4 is 5.91 Å². The van der Waals surface area contributed by atoms with Gasteiger partial charge >= 0.3 is 0 Å². The van der Waals surface area contributed by atoms with E-state index in [4.69, 9.17) is 4.42 Å². The van der Waals surface area contributed by atoms with E-state index >= 15 is 0 Å². The van der Waals surface area contributed by atoms with Crippen molar-refractivity contribution in [3.05, 3.63) is 17.8 Å². The van der Waals surface area contributed by atoms with Gasteiger partial charge in [-0.3, -0.25) is 14.6 Å². The number of β-amino-alcohol motifs (C(OH)–C–C–N with tert-alkyl or cyclic N) is 1. The molecule has 0 spiro atoms. The van der Waals surface area contributed by atoms with Gasteiger partial charge in [-0.15, -0.1) is 0 Å². The van der Waals surface area contributed by atoms with E-state index in [1.165, 1.54) is 6.26 Å². The number of aliphatic hydroxyl groups is 1. The first-order valence-corrected chi connectivity index (χ1v) is 8.83. The number of oxazole rings is 1. The second-order valence-corrected chi connectivity index (χ2v) is 6.87.